The molecule has 0 spiro atoms. The van der Waals surface area contributed by atoms with Crippen molar-refractivity contribution in [2.24, 2.45) is 4.40 Å². The smallest absolute Gasteiger partial charge is 0.348 e. The molecule has 0 amide bonds. The van der Waals surface area contributed by atoms with Crippen LogP contribution in [0.15, 0.2) is 45.0 Å². The highest BCUT2D eigenvalue weighted by molar-refractivity contribution is 7.90. The number of carbonyl (C=O) groups excluding carboxylic acids is 1. The minimum Gasteiger partial charge on any atom is -0.465 e. The van der Waals surface area contributed by atoms with Gasteiger partial charge < -0.3 is 4.74 Å². The number of benzene rings is 1. The third-order valence-corrected chi connectivity index (χ3v) is 5.71. The lowest BCUT2D eigenvalue weighted by molar-refractivity contribution is 0.0606. The Bertz CT molecular complexity index is 744. The van der Waals surface area contributed by atoms with Gasteiger partial charge in [-0.2, -0.15) is 8.42 Å². The van der Waals surface area contributed by atoms with Crippen molar-refractivity contribution in [1.29, 1.82) is 0 Å². The average Bonchev–Trinajstić information content (AvgIpc) is 2.86. The van der Waals surface area contributed by atoms with Gasteiger partial charge in [0.1, 0.15) is 4.88 Å². The highest BCUT2D eigenvalue weighted by atomic mass is 32.2. The highest BCUT2D eigenvalue weighted by Gasteiger charge is 2.13. The summed E-state index contributed by atoms with van der Waals surface area (Å²) in [5.74, 6) is -0.500. The first-order chi connectivity index (χ1) is 9.03. The van der Waals surface area contributed by atoms with E-state index in [9.17, 15) is 13.2 Å². The van der Waals surface area contributed by atoms with Crippen LogP contribution in [0.3, 0.4) is 0 Å². The Hall–Kier alpha value is -1.51. The van der Waals surface area contributed by atoms with Gasteiger partial charge in [0.05, 0.1) is 12.0 Å². The van der Waals surface area contributed by atoms with Gasteiger partial charge in [0, 0.05) is 5.38 Å². The van der Waals surface area contributed by atoms with Gasteiger partial charge in [-0.3, -0.25) is 0 Å². The van der Waals surface area contributed by atoms with Crippen LogP contribution in [0.5, 0.6) is 0 Å². The number of ether oxygens (including phenoxy) is 1. The summed E-state index contributed by atoms with van der Waals surface area (Å²) in [5.41, 5.74) is 0. The van der Waals surface area contributed by atoms with E-state index in [1.807, 2.05) is 0 Å². The number of hydrogen-bond acceptors (Lipinski definition) is 6. The van der Waals surface area contributed by atoms with Gasteiger partial charge in [0.15, 0.2) is 3.98 Å². The van der Waals surface area contributed by atoms with Crippen molar-refractivity contribution in [2.75, 3.05) is 7.11 Å². The van der Waals surface area contributed by atoms with E-state index < -0.39 is 16.0 Å². The van der Waals surface area contributed by atoms with Crippen molar-refractivity contribution in [1.82, 2.24) is 0 Å². The first-order valence-corrected chi connectivity index (χ1v) is 8.19. The first kappa shape index (κ1) is 13.9. The Balaban J connectivity index is 2.41. The van der Waals surface area contributed by atoms with Gasteiger partial charge in [-0.1, -0.05) is 29.5 Å². The molecule has 2 rings (SSSR count). The summed E-state index contributed by atoms with van der Waals surface area (Å²) in [5, 5.41) is 1.52. The van der Waals surface area contributed by atoms with Crippen molar-refractivity contribution in [3.8, 4) is 0 Å². The molecule has 1 heterocycles. The van der Waals surface area contributed by atoms with E-state index in [1.54, 1.807) is 18.2 Å². The molecule has 0 unspecified atom stereocenters. The fourth-order valence-electron chi connectivity index (χ4n) is 1.22. The molecule has 1 aromatic carbocycles. The van der Waals surface area contributed by atoms with Crippen molar-refractivity contribution < 1.29 is 17.9 Å². The monoisotopic (exact) mass is 315 g/mol. The number of methoxy groups -OCH3 is 1. The van der Waals surface area contributed by atoms with E-state index in [-0.39, 0.29) is 8.88 Å². The van der Waals surface area contributed by atoms with Crippen LogP contribution in [0.2, 0.25) is 0 Å². The van der Waals surface area contributed by atoms with Gasteiger partial charge in [-0.05, 0) is 12.1 Å². The fourth-order valence-corrected chi connectivity index (χ4v) is 4.53. The van der Waals surface area contributed by atoms with Gasteiger partial charge in [-0.15, -0.1) is 15.7 Å². The molecule has 0 saturated carbocycles. The van der Waals surface area contributed by atoms with E-state index in [1.165, 1.54) is 24.6 Å². The minimum absolute atomic E-state index is 0.121. The summed E-state index contributed by atoms with van der Waals surface area (Å²) in [7, 11) is -2.47. The second-order valence-electron chi connectivity index (χ2n) is 3.34. The number of esters is 1. The summed E-state index contributed by atoms with van der Waals surface area (Å²) in [4.78, 5) is 11.7. The van der Waals surface area contributed by atoms with Crippen LogP contribution in [-0.2, 0) is 14.8 Å². The Labute approximate surface area is 117 Å². The van der Waals surface area contributed by atoms with Gasteiger partial charge >= 0.3 is 5.97 Å². The molecule has 0 bridgehead atoms. The van der Waals surface area contributed by atoms with Crippen LogP contribution < -0.4 is 3.98 Å². The normalized spacial score (nSPS) is 12.4. The number of hydrogen-bond donors (Lipinski definition) is 0. The minimum atomic E-state index is -3.74. The summed E-state index contributed by atoms with van der Waals surface area (Å²) in [6.45, 7) is 0. The Morgan fingerprint density at radius 3 is 2.58 bits per heavy atom. The van der Waals surface area contributed by atoms with E-state index in [4.69, 9.17) is 0 Å². The van der Waals surface area contributed by atoms with Gasteiger partial charge in [0.2, 0.25) is 0 Å². The lowest BCUT2D eigenvalue weighted by Crippen LogP contribution is -2.02. The summed E-state index contributed by atoms with van der Waals surface area (Å²) in [6.07, 6.45) is 0. The number of rotatable bonds is 3. The SMILES string of the molecule is COC(=O)c1cs/c(=N/S(=O)(=O)c2ccccc2)s1. The Morgan fingerprint density at radius 2 is 1.95 bits per heavy atom. The molecule has 0 N–H and O–H groups in total. The molecular weight excluding hydrogens is 306 g/mol. The zero-order chi connectivity index (χ0) is 13.9. The molecule has 0 radical (unpaired) electrons. The first-order valence-electron chi connectivity index (χ1n) is 5.06. The van der Waals surface area contributed by atoms with Crippen molar-refractivity contribution in [3.63, 3.8) is 0 Å². The second-order valence-corrected chi connectivity index (χ2v) is 7.09. The maximum absolute atomic E-state index is 12.0. The standard InChI is InChI=1S/C11H9NO4S3/c1-16-10(13)9-7-17-11(18-9)12-19(14,15)8-5-3-2-4-6-8/h2-7H,1H3/b12-11-. The molecule has 0 aliphatic carbocycles. The maximum Gasteiger partial charge on any atom is 0.348 e. The van der Waals surface area contributed by atoms with Gasteiger partial charge in [0.25, 0.3) is 10.0 Å². The fraction of sp³-hybridized carbons (Fsp3) is 0.0909. The summed E-state index contributed by atoms with van der Waals surface area (Å²) >= 11 is 2.07. The lowest BCUT2D eigenvalue weighted by atomic mass is 10.4. The molecule has 5 nitrogen and oxygen atoms in total. The summed E-state index contributed by atoms with van der Waals surface area (Å²) < 4.78 is 32.5. The number of sulfonamides is 1. The highest BCUT2D eigenvalue weighted by Crippen LogP contribution is 2.13. The predicted molar refractivity (Wildman–Crippen MR) is 72.7 cm³/mol. The summed E-state index contributed by atoms with van der Waals surface area (Å²) in [6, 6.07) is 7.92. The van der Waals surface area contributed by atoms with Crippen LogP contribution in [0.4, 0.5) is 0 Å². The molecule has 0 aliphatic heterocycles. The van der Waals surface area contributed by atoms with E-state index in [0.29, 0.717) is 4.88 Å². The van der Waals surface area contributed by atoms with E-state index in [2.05, 4.69) is 9.13 Å². The third kappa shape index (κ3) is 3.28. The zero-order valence-corrected chi connectivity index (χ0v) is 12.2. The van der Waals surface area contributed by atoms with Crippen molar-refractivity contribution in [3.05, 3.63) is 44.6 Å². The molecule has 0 fully saturated rings. The topological polar surface area (TPSA) is 72.8 Å². The molecule has 1 aromatic heterocycles. The van der Waals surface area contributed by atoms with Crippen LogP contribution in [0.25, 0.3) is 0 Å². The Morgan fingerprint density at radius 1 is 1.26 bits per heavy atom. The number of carbonyl (C=O) groups is 1. The molecule has 100 valence electrons. The van der Waals surface area contributed by atoms with Crippen LogP contribution in [0, 0.1) is 0 Å². The zero-order valence-electron chi connectivity index (χ0n) is 9.77. The molecule has 19 heavy (non-hydrogen) atoms. The van der Waals surface area contributed by atoms with Crippen LogP contribution >= 0.6 is 22.7 Å². The molecule has 8 heteroatoms. The quantitative estimate of drug-likeness (QED) is 0.811. The molecule has 0 saturated heterocycles. The molecule has 0 aliphatic rings. The molecule has 0 atom stereocenters. The van der Waals surface area contributed by atoms with E-state index in [0.717, 1.165) is 22.7 Å². The van der Waals surface area contributed by atoms with Crippen LogP contribution in [-0.4, -0.2) is 21.5 Å². The third-order valence-electron chi connectivity index (χ3n) is 2.09. The van der Waals surface area contributed by atoms with E-state index >= 15 is 0 Å². The van der Waals surface area contributed by atoms with Crippen molar-refractivity contribution in [2.45, 2.75) is 4.90 Å². The van der Waals surface area contributed by atoms with Crippen LogP contribution in [0.1, 0.15) is 9.67 Å². The predicted octanol–water partition coefficient (Wildman–Crippen LogP) is 1.89. The largest absolute Gasteiger partial charge is 0.465 e. The van der Waals surface area contributed by atoms with Gasteiger partial charge in [-0.25, -0.2) is 4.79 Å². The molecular formula is C11H9NO4S3. The number of nitrogens with zero attached hydrogens (tertiary/aromatic N) is 1. The average molecular weight is 315 g/mol. The second kappa shape index (κ2) is 5.64. The van der Waals surface area contributed by atoms with Crippen molar-refractivity contribution >= 4 is 38.7 Å². The maximum atomic E-state index is 12.0. The molecule has 2 aromatic rings. The lowest BCUT2D eigenvalue weighted by Gasteiger charge is -1.95. The Kier molecular flexibility index (Phi) is 4.13.